The Morgan fingerprint density at radius 3 is 2.58 bits per heavy atom. The number of thiophene rings is 1. The van der Waals surface area contributed by atoms with E-state index < -0.39 is 5.97 Å². The third kappa shape index (κ3) is 3.93. The highest BCUT2D eigenvalue weighted by atomic mass is 32.1. The molecule has 0 unspecified atom stereocenters. The van der Waals surface area contributed by atoms with E-state index in [1.54, 1.807) is 28.0 Å². The van der Waals surface area contributed by atoms with E-state index in [-0.39, 0.29) is 17.9 Å². The van der Waals surface area contributed by atoms with E-state index in [9.17, 15) is 9.59 Å². The number of hydrogen-bond donors (Lipinski definition) is 0. The Hall–Kier alpha value is -3.19. The van der Waals surface area contributed by atoms with Gasteiger partial charge < -0.3 is 9.15 Å². The number of esters is 1. The van der Waals surface area contributed by atoms with Crippen molar-refractivity contribution in [3.63, 3.8) is 0 Å². The molecular formula is C24H24N2O4S. The van der Waals surface area contributed by atoms with Crippen molar-refractivity contribution in [3.8, 4) is 11.1 Å². The largest absolute Gasteiger partial charge is 0.463 e. The number of methoxy groups -OCH3 is 1. The number of carbonyl (C=O) groups excluding carboxylic acids is 1. The fourth-order valence-corrected chi connectivity index (χ4v) is 4.77. The maximum atomic E-state index is 13.7. The van der Waals surface area contributed by atoms with Gasteiger partial charge in [-0.05, 0) is 38.0 Å². The molecule has 0 atom stereocenters. The monoisotopic (exact) mass is 436 g/mol. The second-order valence-corrected chi connectivity index (χ2v) is 8.71. The number of ether oxygens (including phenoxy) is 1. The lowest BCUT2D eigenvalue weighted by Crippen LogP contribution is -2.25. The van der Waals surface area contributed by atoms with Crippen LogP contribution in [0.3, 0.4) is 0 Å². The van der Waals surface area contributed by atoms with Gasteiger partial charge in [-0.2, -0.15) is 0 Å². The van der Waals surface area contributed by atoms with Crippen molar-refractivity contribution >= 4 is 27.5 Å². The predicted molar refractivity (Wildman–Crippen MR) is 122 cm³/mol. The molecule has 0 saturated carbocycles. The van der Waals surface area contributed by atoms with Crippen LogP contribution in [0.4, 0.5) is 0 Å². The first kappa shape index (κ1) is 21.1. The van der Waals surface area contributed by atoms with Crippen LogP contribution in [0.1, 0.15) is 45.9 Å². The summed E-state index contributed by atoms with van der Waals surface area (Å²) < 4.78 is 12.0. The minimum Gasteiger partial charge on any atom is -0.463 e. The summed E-state index contributed by atoms with van der Waals surface area (Å²) in [6.07, 6.45) is 1.53. The second kappa shape index (κ2) is 8.51. The molecule has 6 nitrogen and oxygen atoms in total. The average Bonchev–Trinajstić information content (AvgIpc) is 3.35. The zero-order chi connectivity index (χ0) is 22.1. The van der Waals surface area contributed by atoms with Gasteiger partial charge in [-0.15, -0.1) is 11.3 Å². The number of benzene rings is 1. The van der Waals surface area contributed by atoms with Gasteiger partial charge in [0.2, 0.25) is 5.76 Å². The molecule has 4 rings (SSSR count). The molecule has 4 aromatic rings. The van der Waals surface area contributed by atoms with Gasteiger partial charge in [-0.3, -0.25) is 9.36 Å². The van der Waals surface area contributed by atoms with Crippen LogP contribution in [0, 0.1) is 13.8 Å². The number of aryl methyl sites for hydroxylation is 3. The SMILES string of the molecule is CCCc1nc2sc(C)c(-c3ccc(C)cc3)c2c(=O)n1Cc1ccc(C(=O)OC)o1. The number of hydrogen-bond acceptors (Lipinski definition) is 6. The Morgan fingerprint density at radius 2 is 1.90 bits per heavy atom. The summed E-state index contributed by atoms with van der Waals surface area (Å²) in [4.78, 5) is 32.1. The van der Waals surface area contributed by atoms with Crippen molar-refractivity contribution in [1.82, 2.24) is 9.55 Å². The molecule has 0 amide bonds. The van der Waals surface area contributed by atoms with Gasteiger partial charge in [0.05, 0.1) is 19.0 Å². The molecule has 31 heavy (non-hydrogen) atoms. The summed E-state index contributed by atoms with van der Waals surface area (Å²) >= 11 is 1.55. The van der Waals surface area contributed by atoms with E-state index in [4.69, 9.17) is 14.1 Å². The molecule has 0 aliphatic heterocycles. The maximum Gasteiger partial charge on any atom is 0.373 e. The molecule has 0 radical (unpaired) electrons. The smallest absolute Gasteiger partial charge is 0.373 e. The van der Waals surface area contributed by atoms with E-state index in [1.807, 2.05) is 38.1 Å². The van der Waals surface area contributed by atoms with Gasteiger partial charge in [0.15, 0.2) is 0 Å². The van der Waals surface area contributed by atoms with Crippen molar-refractivity contribution in [2.45, 2.75) is 40.2 Å². The lowest BCUT2D eigenvalue weighted by Gasteiger charge is -2.11. The number of aromatic nitrogens is 2. The van der Waals surface area contributed by atoms with Gasteiger partial charge in [-0.1, -0.05) is 36.8 Å². The molecule has 0 aliphatic rings. The lowest BCUT2D eigenvalue weighted by atomic mass is 10.0. The summed E-state index contributed by atoms with van der Waals surface area (Å²) in [6.45, 7) is 6.33. The highest BCUT2D eigenvalue weighted by Crippen LogP contribution is 2.36. The van der Waals surface area contributed by atoms with Crippen molar-refractivity contribution in [3.05, 3.63) is 74.5 Å². The molecule has 0 aliphatic carbocycles. The lowest BCUT2D eigenvalue weighted by molar-refractivity contribution is 0.0563. The van der Waals surface area contributed by atoms with Crippen LogP contribution < -0.4 is 5.56 Å². The molecule has 0 fully saturated rings. The van der Waals surface area contributed by atoms with Crippen LogP contribution in [-0.4, -0.2) is 22.6 Å². The summed E-state index contributed by atoms with van der Waals surface area (Å²) in [5, 5.41) is 0.631. The van der Waals surface area contributed by atoms with Crippen LogP contribution in [0.15, 0.2) is 45.6 Å². The van der Waals surface area contributed by atoms with Gasteiger partial charge >= 0.3 is 5.97 Å². The molecular weight excluding hydrogens is 412 g/mol. The minimum absolute atomic E-state index is 0.0932. The van der Waals surface area contributed by atoms with Gasteiger partial charge in [0.1, 0.15) is 16.4 Å². The van der Waals surface area contributed by atoms with Gasteiger partial charge in [-0.25, -0.2) is 9.78 Å². The molecule has 0 bridgehead atoms. The van der Waals surface area contributed by atoms with Crippen molar-refractivity contribution in [2.24, 2.45) is 0 Å². The standard InChI is InChI=1S/C24H24N2O4S/c1-5-6-19-25-22-21(20(15(3)31-22)16-9-7-14(2)8-10-16)23(27)26(19)13-17-11-12-18(30-17)24(28)29-4/h7-12H,5-6,13H2,1-4H3. The number of furan rings is 1. The number of nitrogens with zero attached hydrogens (tertiary/aromatic N) is 2. The molecule has 0 saturated heterocycles. The summed E-state index contributed by atoms with van der Waals surface area (Å²) in [6, 6.07) is 11.4. The van der Waals surface area contributed by atoms with Crippen LogP contribution >= 0.6 is 11.3 Å². The van der Waals surface area contributed by atoms with Crippen LogP contribution in [0.2, 0.25) is 0 Å². The Labute approximate surface area is 184 Å². The van der Waals surface area contributed by atoms with Gasteiger partial charge in [0, 0.05) is 16.9 Å². The van der Waals surface area contributed by atoms with Crippen LogP contribution in [-0.2, 0) is 17.7 Å². The third-order valence-electron chi connectivity index (χ3n) is 5.24. The Morgan fingerprint density at radius 1 is 1.16 bits per heavy atom. The maximum absolute atomic E-state index is 13.7. The van der Waals surface area contributed by atoms with Crippen LogP contribution in [0.5, 0.6) is 0 Å². The molecule has 3 aromatic heterocycles. The van der Waals surface area contributed by atoms with Crippen molar-refractivity contribution in [2.75, 3.05) is 7.11 Å². The average molecular weight is 437 g/mol. The van der Waals surface area contributed by atoms with Gasteiger partial charge in [0.25, 0.3) is 5.56 Å². The first-order valence-electron chi connectivity index (χ1n) is 10.2. The Bertz CT molecular complexity index is 1310. The summed E-state index contributed by atoms with van der Waals surface area (Å²) in [5.41, 5.74) is 3.02. The fraction of sp³-hybridized carbons (Fsp3) is 0.292. The fourth-order valence-electron chi connectivity index (χ4n) is 3.71. The zero-order valence-electron chi connectivity index (χ0n) is 18.0. The summed E-state index contributed by atoms with van der Waals surface area (Å²) in [5.74, 6) is 0.789. The molecule has 1 aromatic carbocycles. The van der Waals surface area contributed by atoms with E-state index in [2.05, 4.69) is 6.92 Å². The van der Waals surface area contributed by atoms with E-state index >= 15 is 0 Å². The normalized spacial score (nSPS) is 11.2. The highest BCUT2D eigenvalue weighted by Gasteiger charge is 2.21. The minimum atomic E-state index is -0.545. The number of fused-ring (bicyclic) bond motifs is 1. The van der Waals surface area contributed by atoms with Crippen LogP contribution in [0.25, 0.3) is 21.3 Å². The number of carbonyl (C=O) groups is 1. The first-order chi connectivity index (χ1) is 14.9. The molecule has 3 heterocycles. The molecule has 0 N–H and O–H groups in total. The van der Waals surface area contributed by atoms with E-state index in [0.29, 0.717) is 23.4 Å². The highest BCUT2D eigenvalue weighted by molar-refractivity contribution is 7.19. The quantitative estimate of drug-likeness (QED) is 0.392. The molecule has 0 spiro atoms. The third-order valence-corrected chi connectivity index (χ3v) is 6.24. The second-order valence-electron chi connectivity index (χ2n) is 7.51. The number of rotatable bonds is 6. The Kier molecular flexibility index (Phi) is 5.78. The topological polar surface area (TPSA) is 74.3 Å². The molecule has 160 valence electrons. The Balaban J connectivity index is 1.88. The van der Waals surface area contributed by atoms with Crippen molar-refractivity contribution in [1.29, 1.82) is 0 Å². The summed E-state index contributed by atoms with van der Waals surface area (Å²) in [7, 11) is 1.30. The zero-order valence-corrected chi connectivity index (χ0v) is 18.8. The first-order valence-corrected chi connectivity index (χ1v) is 11.0. The van der Waals surface area contributed by atoms with E-state index in [0.717, 1.165) is 27.3 Å². The van der Waals surface area contributed by atoms with Crippen molar-refractivity contribution < 1.29 is 13.9 Å². The molecule has 7 heteroatoms. The van der Waals surface area contributed by atoms with E-state index in [1.165, 1.54) is 12.7 Å². The predicted octanol–water partition coefficient (Wildman–Crippen LogP) is 5.12.